The van der Waals surface area contributed by atoms with Crippen LogP contribution in [0.25, 0.3) is 5.65 Å². The van der Waals surface area contributed by atoms with Crippen molar-refractivity contribution in [3.05, 3.63) is 72.2 Å². The molecule has 6 rings (SSSR count). The van der Waals surface area contributed by atoms with Crippen molar-refractivity contribution >= 4 is 11.3 Å². The molecule has 3 aromatic rings. The van der Waals surface area contributed by atoms with Gasteiger partial charge >= 0.3 is 0 Å². The Labute approximate surface area is 163 Å². The van der Waals surface area contributed by atoms with Crippen molar-refractivity contribution in [3.63, 3.8) is 0 Å². The third-order valence-electron chi connectivity index (χ3n) is 6.66. The molecule has 0 amide bonds. The maximum Gasteiger partial charge on any atom is 0.155 e. The van der Waals surface area contributed by atoms with Gasteiger partial charge in [0.15, 0.2) is 5.65 Å². The summed E-state index contributed by atoms with van der Waals surface area (Å²) in [4.78, 5) is 9.09. The fourth-order valence-corrected chi connectivity index (χ4v) is 5.36. The number of hydrogen-bond donors (Lipinski definition) is 0. The van der Waals surface area contributed by atoms with Gasteiger partial charge in [-0.3, -0.25) is 0 Å². The number of anilines is 1. The van der Waals surface area contributed by atoms with Crippen LogP contribution in [0.5, 0.6) is 0 Å². The van der Waals surface area contributed by atoms with E-state index in [4.69, 9.17) is 0 Å². The Morgan fingerprint density at radius 2 is 1.86 bits per heavy atom. The van der Waals surface area contributed by atoms with E-state index < -0.39 is 0 Å². The van der Waals surface area contributed by atoms with Gasteiger partial charge in [0, 0.05) is 35.9 Å². The van der Waals surface area contributed by atoms with E-state index in [9.17, 15) is 4.39 Å². The topological polar surface area (TPSA) is 36.7 Å². The van der Waals surface area contributed by atoms with E-state index in [-0.39, 0.29) is 12.0 Å². The number of allylic oxidation sites excluding steroid dienone is 1. The normalized spacial score (nSPS) is 23.0. The van der Waals surface area contributed by atoms with Gasteiger partial charge in [-0.25, -0.2) is 13.9 Å². The lowest BCUT2D eigenvalue weighted by Gasteiger charge is -2.34. The van der Waals surface area contributed by atoms with Crippen molar-refractivity contribution in [1.29, 1.82) is 0 Å². The number of nitrogens with zero attached hydrogens (tertiary/aromatic N) is 5. The van der Waals surface area contributed by atoms with E-state index in [0.717, 1.165) is 24.3 Å². The molecule has 1 saturated carbocycles. The van der Waals surface area contributed by atoms with Crippen molar-refractivity contribution in [2.45, 2.75) is 38.3 Å². The monoisotopic (exact) mass is 375 g/mol. The summed E-state index contributed by atoms with van der Waals surface area (Å²) < 4.78 is 15.3. The van der Waals surface area contributed by atoms with Crippen LogP contribution >= 0.6 is 0 Å². The zero-order valence-electron chi connectivity index (χ0n) is 15.6. The van der Waals surface area contributed by atoms with E-state index >= 15 is 0 Å². The highest BCUT2D eigenvalue weighted by atomic mass is 19.1. The molecule has 1 unspecified atom stereocenters. The fourth-order valence-electron chi connectivity index (χ4n) is 5.36. The summed E-state index contributed by atoms with van der Waals surface area (Å²) in [6.45, 7) is 1.09. The Kier molecular flexibility index (Phi) is 3.34. The van der Waals surface area contributed by atoms with Gasteiger partial charge in [-0.05, 0) is 61.1 Å². The number of pyridine rings is 1. The molecule has 0 radical (unpaired) electrons. The fraction of sp³-hybridized carbons (Fsp3) is 0.364. The Bertz CT molecular complexity index is 1060. The maximum atomic E-state index is 13.5. The second-order valence-corrected chi connectivity index (χ2v) is 8.41. The van der Waals surface area contributed by atoms with Crippen LogP contribution in [0.3, 0.4) is 0 Å². The highest BCUT2D eigenvalue weighted by Gasteiger charge is 2.48. The van der Waals surface area contributed by atoms with Crippen molar-refractivity contribution in [2.24, 2.45) is 5.41 Å². The minimum absolute atomic E-state index is 0.0639. The minimum Gasteiger partial charge on any atom is -0.349 e. The lowest BCUT2D eigenvalue weighted by atomic mass is 9.85. The molecule has 6 heteroatoms. The SMILES string of the molecule is Fc1ccc(N2C=C3CC4(CCCC4)CN3C2c2ccc3ncnn3c2)cc1. The molecule has 1 spiro atoms. The van der Waals surface area contributed by atoms with Crippen molar-refractivity contribution in [3.8, 4) is 0 Å². The maximum absolute atomic E-state index is 13.5. The lowest BCUT2D eigenvalue weighted by Crippen LogP contribution is -2.34. The van der Waals surface area contributed by atoms with Crippen LogP contribution in [0.4, 0.5) is 10.1 Å². The molecule has 2 aromatic heterocycles. The van der Waals surface area contributed by atoms with Crippen LogP contribution in [0.1, 0.15) is 43.8 Å². The molecule has 1 atom stereocenters. The summed E-state index contributed by atoms with van der Waals surface area (Å²) in [5.41, 5.74) is 4.86. The van der Waals surface area contributed by atoms with E-state index in [1.165, 1.54) is 49.1 Å². The van der Waals surface area contributed by atoms with E-state index in [0.29, 0.717) is 5.41 Å². The van der Waals surface area contributed by atoms with E-state index in [2.05, 4.69) is 38.3 Å². The minimum atomic E-state index is -0.207. The molecule has 5 nitrogen and oxygen atoms in total. The number of hydrogen-bond acceptors (Lipinski definition) is 4. The van der Waals surface area contributed by atoms with E-state index in [1.54, 1.807) is 6.33 Å². The van der Waals surface area contributed by atoms with Gasteiger partial charge in [0.2, 0.25) is 0 Å². The summed E-state index contributed by atoms with van der Waals surface area (Å²) >= 11 is 0. The first-order valence-electron chi connectivity index (χ1n) is 10.0. The van der Waals surface area contributed by atoms with Gasteiger partial charge in [-0.15, -0.1) is 0 Å². The molecular formula is C22H22FN5. The van der Waals surface area contributed by atoms with Gasteiger partial charge in [-0.2, -0.15) is 5.10 Å². The number of benzene rings is 1. The molecule has 1 saturated heterocycles. The second-order valence-electron chi connectivity index (χ2n) is 8.41. The number of halogens is 1. The Hall–Kier alpha value is -2.89. The van der Waals surface area contributed by atoms with Gasteiger partial charge in [0.1, 0.15) is 18.3 Å². The van der Waals surface area contributed by atoms with Crippen molar-refractivity contribution in [1.82, 2.24) is 19.5 Å². The van der Waals surface area contributed by atoms with Crippen LogP contribution < -0.4 is 4.90 Å². The lowest BCUT2D eigenvalue weighted by molar-refractivity contribution is 0.233. The molecule has 1 aliphatic carbocycles. The number of rotatable bonds is 2. The zero-order valence-corrected chi connectivity index (χ0v) is 15.6. The largest absolute Gasteiger partial charge is 0.349 e. The van der Waals surface area contributed by atoms with Crippen LogP contribution in [0.2, 0.25) is 0 Å². The number of aromatic nitrogens is 3. The Morgan fingerprint density at radius 3 is 2.68 bits per heavy atom. The Morgan fingerprint density at radius 1 is 1.04 bits per heavy atom. The summed E-state index contributed by atoms with van der Waals surface area (Å²) in [7, 11) is 0. The van der Waals surface area contributed by atoms with Gasteiger partial charge in [0.25, 0.3) is 0 Å². The predicted octanol–water partition coefficient (Wildman–Crippen LogP) is 4.49. The highest BCUT2D eigenvalue weighted by molar-refractivity contribution is 5.55. The van der Waals surface area contributed by atoms with Gasteiger partial charge in [0.05, 0.1) is 0 Å². The molecule has 0 N–H and O–H groups in total. The average molecular weight is 375 g/mol. The van der Waals surface area contributed by atoms with Gasteiger partial charge < -0.3 is 9.80 Å². The molecule has 3 aliphatic rings. The standard InChI is InChI=1S/C22H22FN5/c23-17-4-6-18(7-5-17)26-13-19-11-22(9-1-2-10-22)14-27(19)21(26)16-3-8-20-24-15-25-28(20)12-16/h3-8,12-13,15,21H,1-2,9-11,14H2. The van der Waals surface area contributed by atoms with E-state index in [1.807, 2.05) is 22.7 Å². The first-order valence-corrected chi connectivity index (χ1v) is 10.0. The summed E-state index contributed by atoms with van der Waals surface area (Å²) in [5.74, 6) is -0.207. The first kappa shape index (κ1) is 16.1. The first-order chi connectivity index (χ1) is 13.7. The Balaban J connectivity index is 1.45. The smallest absolute Gasteiger partial charge is 0.155 e. The molecule has 4 heterocycles. The molecule has 2 fully saturated rings. The average Bonchev–Trinajstić information content (AvgIpc) is 3.46. The molecule has 0 bridgehead atoms. The van der Waals surface area contributed by atoms with Crippen molar-refractivity contribution < 1.29 is 4.39 Å². The quantitative estimate of drug-likeness (QED) is 0.661. The van der Waals surface area contributed by atoms with Crippen LogP contribution in [0, 0.1) is 11.2 Å². The molecule has 142 valence electrons. The summed E-state index contributed by atoms with van der Waals surface area (Å²) in [6.07, 6.45) is 12.5. The molecular weight excluding hydrogens is 353 g/mol. The van der Waals surface area contributed by atoms with Crippen LogP contribution in [-0.2, 0) is 0 Å². The van der Waals surface area contributed by atoms with Gasteiger partial charge in [-0.1, -0.05) is 12.8 Å². The van der Waals surface area contributed by atoms with Crippen molar-refractivity contribution in [2.75, 3.05) is 11.4 Å². The number of fused-ring (bicyclic) bond motifs is 2. The van der Waals surface area contributed by atoms with Crippen LogP contribution in [0.15, 0.2) is 60.8 Å². The van der Waals surface area contributed by atoms with Crippen LogP contribution in [-0.4, -0.2) is 26.0 Å². The summed E-state index contributed by atoms with van der Waals surface area (Å²) in [5, 5.41) is 4.32. The zero-order chi connectivity index (χ0) is 18.7. The third kappa shape index (κ3) is 2.37. The molecule has 28 heavy (non-hydrogen) atoms. The second kappa shape index (κ2) is 5.80. The highest BCUT2D eigenvalue weighted by Crippen LogP contribution is 2.54. The third-order valence-corrected chi connectivity index (χ3v) is 6.66. The summed E-state index contributed by atoms with van der Waals surface area (Å²) in [6, 6.07) is 11.0. The predicted molar refractivity (Wildman–Crippen MR) is 105 cm³/mol. The molecule has 1 aromatic carbocycles. The molecule has 2 aliphatic heterocycles.